The zero-order valence-electron chi connectivity index (χ0n) is 9.51. The van der Waals surface area contributed by atoms with Gasteiger partial charge < -0.3 is 10.6 Å². The van der Waals surface area contributed by atoms with E-state index in [1.807, 2.05) is 0 Å². The van der Waals surface area contributed by atoms with Crippen LogP contribution in [0.3, 0.4) is 0 Å². The van der Waals surface area contributed by atoms with Gasteiger partial charge in [-0.2, -0.15) is 4.99 Å². The van der Waals surface area contributed by atoms with Gasteiger partial charge in [-0.05, 0) is 6.07 Å². The second-order valence-corrected chi connectivity index (χ2v) is 3.64. The smallest absolute Gasteiger partial charge is 0.349 e. The third-order valence-corrected chi connectivity index (χ3v) is 2.47. The number of rotatable bonds is 0. The summed E-state index contributed by atoms with van der Waals surface area (Å²) >= 11 is 0. The maximum atomic E-state index is 11.9. The van der Waals surface area contributed by atoms with E-state index in [4.69, 9.17) is 5.73 Å². The molecule has 0 saturated carbocycles. The Kier molecular flexibility index (Phi) is 2.80. The molecule has 0 fully saturated rings. The van der Waals surface area contributed by atoms with E-state index in [9.17, 15) is 14.4 Å². The minimum Gasteiger partial charge on any atom is -0.351 e. The van der Waals surface area contributed by atoms with Crippen LogP contribution in [0, 0.1) is 0 Å². The highest BCUT2D eigenvalue weighted by Crippen LogP contribution is 2.27. The molecule has 1 aromatic carbocycles. The first-order valence-electron chi connectivity index (χ1n) is 5.07. The summed E-state index contributed by atoms with van der Waals surface area (Å²) in [5.74, 6) is -0.407. The molecule has 0 radical (unpaired) electrons. The van der Waals surface area contributed by atoms with Crippen molar-refractivity contribution in [3.63, 3.8) is 0 Å². The maximum absolute atomic E-state index is 11.9. The van der Waals surface area contributed by atoms with Crippen molar-refractivity contribution in [2.24, 2.45) is 10.7 Å². The number of carbonyl (C=O) groups excluding carboxylic acids is 3. The molecule has 0 bridgehead atoms. The van der Waals surface area contributed by atoms with Gasteiger partial charge in [0.25, 0.3) is 5.91 Å². The van der Waals surface area contributed by atoms with Crippen molar-refractivity contribution in [2.45, 2.75) is 0 Å². The molecule has 92 valence electrons. The fourth-order valence-corrected chi connectivity index (χ4v) is 1.69. The highest BCUT2D eigenvalue weighted by Gasteiger charge is 2.31. The number of hydrogen-bond acceptors (Lipinski definition) is 3. The van der Waals surface area contributed by atoms with Crippen molar-refractivity contribution < 1.29 is 14.4 Å². The molecule has 1 heterocycles. The summed E-state index contributed by atoms with van der Waals surface area (Å²) in [4.78, 5) is 38.6. The third-order valence-electron chi connectivity index (χ3n) is 2.47. The predicted octanol–water partition coefficient (Wildman–Crippen LogP) is 0.240. The van der Waals surface area contributed by atoms with Gasteiger partial charge in [0.2, 0.25) is 0 Å². The van der Waals surface area contributed by atoms with Crippen molar-refractivity contribution >= 4 is 29.4 Å². The van der Waals surface area contributed by atoms with Gasteiger partial charge in [-0.3, -0.25) is 10.1 Å². The lowest BCUT2D eigenvalue weighted by Crippen LogP contribution is -2.34. The number of amides is 5. The van der Waals surface area contributed by atoms with E-state index in [1.54, 1.807) is 36.6 Å². The number of likely N-dealkylation sites (N-methyl/N-ethyl adjacent to an activating group) is 1. The molecule has 0 saturated heterocycles. The van der Waals surface area contributed by atoms with E-state index in [-0.39, 0.29) is 5.71 Å². The number of anilines is 1. The molecule has 7 nitrogen and oxygen atoms in total. The zero-order valence-corrected chi connectivity index (χ0v) is 9.51. The average Bonchev–Trinajstić information content (AvgIpc) is 2.54. The number of primary amides is 1. The number of nitrogens with one attached hydrogen (secondary N) is 1. The fraction of sp³-hybridized carbons (Fsp3) is 0.0909. The molecular formula is C11H10N4O3. The Bertz CT molecular complexity index is 579. The lowest BCUT2D eigenvalue weighted by molar-refractivity contribution is -0.111. The second kappa shape index (κ2) is 4.28. The summed E-state index contributed by atoms with van der Waals surface area (Å²) in [5.41, 5.74) is 5.99. The number of nitrogens with two attached hydrogens (primary N) is 1. The summed E-state index contributed by atoms with van der Waals surface area (Å²) in [6.45, 7) is 0. The molecule has 0 spiro atoms. The van der Waals surface area contributed by atoms with E-state index < -0.39 is 18.0 Å². The average molecular weight is 246 g/mol. The molecule has 0 aromatic heterocycles. The Labute approximate surface area is 102 Å². The second-order valence-electron chi connectivity index (χ2n) is 3.64. The Hall–Kier alpha value is -2.70. The molecular weight excluding hydrogens is 236 g/mol. The fourth-order valence-electron chi connectivity index (χ4n) is 1.69. The quantitative estimate of drug-likeness (QED) is 0.684. The van der Waals surface area contributed by atoms with E-state index >= 15 is 0 Å². The minimum absolute atomic E-state index is 0.00755. The molecule has 1 aromatic rings. The highest BCUT2D eigenvalue weighted by molar-refractivity contribution is 6.55. The van der Waals surface area contributed by atoms with Crippen LogP contribution in [0.25, 0.3) is 0 Å². The minimum atomic E-state index is -1.02. The first-order chi connectivity index (χ1) is 8.50. The molecule has 3 N–H and O–H groups in total. The number of hydrogen-bond donors (Lipinski definition) is 2. The summed E-state index contributed by atoms with van der Waals surface area (Å²) in [6.07, 6.45) is 0. The monoisotopic (exact) mass is 246 g/mol. The Morgan fingerprint density at radius 1 is 1.33 bits per heavy atom. The van der Waals surface area contributed by atoms with Gasteiger partial charge in [-0.15, -0.1) is 0 Å². The molecule has 1 aliphatic rings. The van der Waals surface area contributed by atoms with Gasteiger partial charge in [-0.1, -0.05) is 18.2 Å². The molecule has 2 rings (SSSR count). The number of fused-ring (bicyclic) bond motifs is 1. The maximum Gasteiger partial charge on any atom is 0.349 e. The Balaban J connectivity index is 2.40. The summed E-state index contributed by atoms with van der Waals surface area (Å²) in [6, 6.07) is 4.93. The SMILES string of the molecule is CN1C(=O)/C(=N\C(=O)NC(N)=O)c2ccccc21. The van der Waals surface area contributed by atoms with E-state index in [1.165, 1.54) is 4.90 Å². The standard InChI is InChI=1S/C11H10N4O3/c1-15-7-5-3-2-4-6(7)8(9(15)16)13-11(18)14-10(12)17/h2-5H,1H3,(H3,12,14,17,18)/b13-8-. The first kappa shape index (κ1) is 11.8. The Morgan fingerprint density at radius 2 is 2.00 bits per heavy atom. The van der Waals surface area contributed by atoms with Gasteiger partial charge in [-0.25, -0.2) is 9.59 Å². The first-order valence-corrected chi connectivity index (χ1v) is 5.07. The van der Waals surface area contributed by atoms with Gasteiger partial charge >= 0.3 is 12.1 Å². The largest absolute Gasteiger partial charge is 0.351 e. The van der Waals surface area contributed by atoms with Gasteiger partial charge in [0.1, 0.15) is 5.71 Å². The van der Waals surface area contributed by atoms with Crippen LogP contribution in [0.15, 0.2) is 29.3 Å². The van der Waals surface area contributed by atoms with Crippen LogP contribution in [-0.2, 0) is 4.79 Å². The van der Waals surface area contributed by atoms with Crippen LogP contribution in [0.2, 0.25) is 0 Å². The van der Waals surface area contributed by atoms with Crippen LogP contribution in [-0.4, -0.2) is 30.7 Å². The summed E-state index contributed by atoms with van der Waals surface area (Å²) in [7, 11) is 1.58. The number of imide groups is 1. The van der Waals surface area contributed by atoms with Crippen LogP contribution in [0.4, 0.5) is 15.3 Å². The number of urea groups is 2. The van der Waals surface area contributed by atoms with Crippen molar-refractivity contribution in [1.82, 2.24) is 5.32 Å². The summed E-state index contributed by atoms with van der Waals surface area (Å²) < 4.78 is 0. The number of para-hydroxylation sites is 1. The van der Waals surface area contributed by atoms with Crippen LogP contribution in [0.5, 0.6) is 0 Å². The van der Waals surface area contributed by atoms with E-state index in [0.717, 1.165) is 0 Å². The Morgan fingerprint density at radius 3 is 2.67 bits per heavy atom. The van der Waals surface area contributed by atoms with Gasteiger partial charge in [0, 0.05) is 12.6 Å². The summed E-state index contributed by atoms with van der Waals surface area (Å²) in [5, 5.41) is 1.78. The number of benzene rings is 1. The normalized spacial score (nSPS) is 15.7. The molecule has 0 unspecified atom stereocenters. The molecule has 5 amide bonds. The van der Waals surface area contributed by atoms with Crippen LogP contribution < -0.4 is 16.0 Å². The van der Waals surface area contributed by atoms with Crippen molar-refractivity contribution in [3.8, 4) is 0 Å². The van der Waals surface area contributed by atoms with Crippen molar-refractivity contribution in [1.29, 1.82) is 0 Å². The van der Waals surface area contributed by atoms with Crippen molar-refractivity contribution in [2.75, 3.05) is 11.9 Å². The number of aliphatic imine (C=N–C) groups is 1. The van der Waals surface area contributed by atoms with Crippen LogP contribution >= 0.6 is 0 Å². The predicted molar refractivity (Wildman–Crippen MR) is 64.5 cm³/mol. The molecule has 7 heteroatoms. The van der Waals surface area contributed by atoms with E-state index in [2.05, 4.69) is 4.99 Å². The lowest BCUT2D eigenvalue weighted by atomic mass is 10.1. The van der Waals surface area contributed by atoms with Crippen molar-refractivity contribution in [3.05, 3.63) is 29.8 Å². The van der Waals surface area contributed by atoms with Gasteiger partial charge in [0.05, 0.1) is 5.69 Å². The van der Waals surface area contributed by atoms with E-state index in [0.29, 0.717) is 11.3 Å². The van der Waals surface area contributed by atoms with Crippen LogP contribution in [0.1, 0.15) is 5.56 Å². The van der Waals surface area contributed by atoms with Gasteiger partial charge in [0.15, 0.2) is 0 Å². The topological polar surface area (TPSA) is 105 Å². The molecule has 1 aliphatic heterocycles. The lowest BCUT2D eigenvalue weighted by Gasteiger charge is -2.07. The molecule has 0 aliphatic carbocycles. The third kappa shape index (κ3) is 1.93. The number of nitrogens with zero attached hydrogens (tertiary/aromatic N) is 2. The molecule has 18 heavy (non-hydrogen) atoms. The zero-order chi connectivity index (χ0) is 13.3. The highest BCUT2D eigenvalue weighted by atomic mass is 16.2. The molecule has 0 atom stereocenters. The number of carbonyl (C=O) groups is 3.